The molecular formula is C30H30F4N3O+. The van der Waals surface area contributed by atoms with Crippen molar-refractivity contribution in [2.24, 2.45) is 0 Å². The molecule has 0 aliphatic heterocycles. The summed E-state index contributed by atoms with van der Waals surface area (Å²) in [6.07, 6.45) is -0.0164. The lowest BCUT2D eigenvalue weighted by Gasteiger charge is -2.18. The average Bonchev–Trinajstić information content (AvgIpc) is 2.87. The van der Waals surface area contributed by atoms with E-state index in [0.717, 1.165) is 28.9 Å². The van der Waals surface area contributed by atoms with Gasteiger partial charge in [-0.15, -0.1) is 13.2 Å². The lowest BCUT2D eigenvalue weighted by Crippen LogP contribution is -2.18. The van der Waals surface area contributed by atoms with Crippen LogP contribution in [0.2, 0.25) is 0 Å². The number of aromatic nitrogens is 2. The molecule has 2 aromatic carbocycles. The molecule has 0 amide bonds. The molecule has 1 unspecified atom stereocenters. The van der Waals surface area contributed by atoms with Crippen molar-refractivity contribution in [2.45, 2.75) is 45.9 Å². The number of hydrogen-bond acceptors (Lipinski definition) is 3. The first-order valence-electron chi connectivity index (χ1n) is 12.5. The van der Waals surface area contributed by atoms with Gasteiger partial charge in [0, 0.05) is 34.8 Å². The largest absolute Gasteiger partial charge is 0.573 e. The lowest BCUT2D eigenvalue weighted by atomic mass is 9.91. The van der Waals surface area contributed by atoms with Gasteiger partial charge in [0.25, 0.3) is 0 Å². The highest BCUT2D eigenvalue weighted by Gasteiger charge is 2.32. The van der Waals surface area contributed by atoms with Gasteiger partial charge < -0.3 is 4.74 Å². The highest BCUT2D eigenvalue weighted by Crippen LogP contribution is 2.32. The maximum Gasteiger partial charge on any atom is 0.573 e. The molecule has 38 heavy (non-hydrogen) atoms. The number of ether oxygens (including phenoxy) is 1. The highest BCUT2D eigenvalue weighted by atomic mass is 19.4. The third-order valence-electron chi connectivity index (χ3n) is 6.63. The average molecular weight is 525 g/mol. The number of halogens is 4. The van der Waals surface area contributed by atoms with Crippen LogP contribution in [0.5, 0.6) is 5.75 Å². The summed E-state index contributed by atoms with van der Waals surface area (Å²) in [6.45, 7) is 6.95. The molecule has 4 nitrogen and oxygen atoms in total. The van der Waals surface area contributed by atoms with Crippen molar-refractivity contribution in [2.75, 3.05) is 13.6 Å². The summed E-state index contributed by atoms with van der Waals surface area (Å²) in [6, 6.07) is 15.0. The minimum absolute atomic E-state index is 0.152. The molecule has 0 radical (unpaired) electrons. The van der Waals surface area contributed by atoms with Gasteiger partial charge in [-0.05, 0) is 78.9 Å². The fraction of sp³-hybridized carbons (Fsp3) is 0.300. The summed E-state index contributed by atoms with van der Waals surface area (Å²) in [5, 5.41) is 0.552. The number of likely N-dealkylation sites (N-methyl/N-ethyl adjacent to an activating group) is 1. The summed E-state index contributed by atoms with van der Waals surface area (Å²) < 4.78 is 58.7. The number of pyridine rings is 2. The first kappa shape index (κ1) is 27.2. The third-order valence-corrected chi connectivity index (χ3v) is 6.63. The molecule has 0 spiro atoms. The molecule has 4 rings (SSSR count). The van der Waals surface area contributed by atoms with Crippen LogP contribution in [-0.2, 0) is 6.42 Å². The van der Waals surface area contributed by atoms with Crippen LogP contribution in [0.4, 0.5) is 17.6 Å². The Morgan fingerprint density at radius 3 is 2.50 bits per heavy atom. The Balaban J connectivity index is 1.63. The predicted octanol–water partition coefficient (Wildman–Crippen LogP) is 7.46. The zero-order valence-electron chi connectivity index (χ0n) is 21.8. The Morgan fingerprint density at radius 1 is 1.08 bits per heavy atom. The van der Waals surface area contributed by atoms with Crippen molar-refractivity contribution in [1.29, 1.82) is 0 Å². The number of hydrogen-bond donors (Lipinski definition) is 0. The topological polar surface area (TPSA) is 38.0 Å². The first-order valence-corrected chi connectivity index (χ1v) is 12.5. The maximum atomic E-state index is 13.5. The summed E-state index contributed by atoms with van der Waals surface area (Å²) >= 11 is 0. The van der Waals surface area contributed by atoms with Gasteiger partial charge in [-0.1, -0.05) is 19.9 Å². The van der Waals surface area contributed by atoms with Crippen LogP contribution in [0, 0.1) is 12.7 Å². The summed E-state index contributed by atoms with van der Waals surface area (Å²) in [7, 11) is 1.86. The van der Waals surface area contributed by atoms with Gasteiger partial charge in [0.15, 0.2) is 12.0 Å². The van der Waals surface area contributed by atoms with Crippen LogP contribution >= 0.6 is 0 Å². The molecule has 1 atom stereocenters. The van der Waals surface area contributed by atoms with Crippen LogP contribution in [0.1, 0.15) is 48.6 Å². The minimum atomic E-state index is -4.82. The Labute approximate surface area is 219 Å². The Morgan fingerprint density at radius 2 is 1.82 bits per heavy atom. The van der Waals surface area contributed by atoms with E-state index in [1.54, 1.807) is 36.5 Å². The van der Waals surface area contributed by atoms with E-state index in [9.17, 15) is 17.6 Å². The van der Waals surface area contributed by atoms with E-state index >= 15 is 0 Å². The maximum absolute atomic E-state index is 13.5. The Bertz CT molecular complexity index is 1460. The van der Waals surface area contributed by atoms with E-state index in [1.807, 2.05) is 18.5 Å². The highest BCUT2D eigenvalue weighted by molar-refractivity contribution is 5.91. The van der Waals surface area contributed by atoms with Gasteiger partial charge in [0.05, 0.1) is 5.69 Å². The molecule has 4 aromatic rings. The second kappa shape index (κ2) is 11.3. The van der Waals surface area contributed by atoms with Crippen LogP contribution in [0.3, 0.4) is 0 Å². The van der Waals surface area contributed by atoms with Crippen molar-refractivity contribution >= 4 is 17.1 Å². The Hall–Kier alpha value is -3.81. The molecular weight excluding hydrogens is 494 g/mol. The number of nitrogens with zero attached hydrogens (tertiary/aromatic N) is 3. The first-order chi connectivity index (χ1) is 18.0. The zero-order valence-corrected chi connectivity index (χ0v) is 21.8. The molecule has 0 saturated carbocycles. The molecule has 0 saturated heterocycles. The van der Waals surface area contributed by atoms with E-state index in [2.05, 4.69) is 29.6 Å². The molecule has 0 aliphatic carbocycles. The van der Waals surface area contributed by atoms with Crippen LogP contribution in [-0.4, -0.2) is 40.7 Å². The molecule has 0 bridgehead atoms. The van der Waals surface area contributed by atoms with Crippen molar-refractivity contribution in [3.63, 3.8) is 0 Å². The lowest BCUT2D eigenvalue weighted by molar-refractivity contribution is -0.491. The quantitative estimate of drug-likeness (QED) is 0.136. The Kier molecular flexibility index (Phi) is 8.09. The third kappa shape index (κ3) is 6.54. The van der Waals surface area contributed by atoms with Crippen molar-refractivity contribution in [3.8, 4) is 17.0 Å². The summed E-state index contributed by atoms with van der Waals surface area (Å²) in [5.74, 6) is -0.300. The number of fused-ring (bicyclic) bond motifs is 1. The second-order valence-electron chi connectivity index (χ2n) is 9.49. The van der Waals surface area contributed by atoms with Gasteiger partial charge >= 0.3 is 6.36 Å². The predicted molar refractivity (Wildman–Crippen MR) is 141 cm³/mol. The van der Waals surface area contributed by atoms with Crippen molar-refractivity contribution in [1.82, 2.24) is 9.97 Å². The van der Waals surface area contributed by atoms with Gasteiger partial charge in [-0.25, -0.2) is 8.97 Å². The van der Waals surface area contributed by atoms with Crippen LogP contribution < -0.4 is 4.74 Å². The van der Waals surface area contributed by atoms with Gasteiger partial charge in [0.1, 0.15) is 24.9 Å². The van der Waals surface area contributed by atoms with E-state index in [4.69, 9.17) is 4.98 Å². The number of benzene rings is 2. The molecule has 0 fully saturated rings. The molecule has 0 aliphatic rings. The normalized spacial score (nSPS) is 13.1. The molecule has 2 heterocycles. The van der Waals surface area contributed by atoms with Crippen molar-refractivity contribution in [3.05, 3.63) is 89.0 Å². The molecule has 198 valence electrons. The molecule has 8 heteroatoms. The molecule has 2 aromatic heterocycles. The van der Waals surface area contributed by atoms with E-state index < -0.39 is 6.36 Å². The van der Waals surface area contributed by atoms with Gasteiger partial charge in [-0.2, -0.15) is 0 Å². The van der Waals surface area contributed by atoms with E-state index in [1.165, 1.54) is 30.0 Å². The number of alkyl halides is 3. The van der Waals surface area contributed by atoms with Crippen LogP contribution in [0.25, 0.3) is 22.2 Å². The van der Waals surface area contributed by atoms with Gasteiger partial charge in [-0.3, -0.25) is 9.97 Å². The van der Waals surface area contributed by atoms with E-state index in [-0.39, 0.29) is 17.1 Å². The SMILES string of the molecule is CCC(C)c1cc(CC[N+](C)=Cc2cc(OC(F)(F)F)c3ncccc3c2)nc(-c2ccc(F)cc2)c1C. The monoisotopic (exact) mass is 524 g/mol. The van der Waals surface area contributed by atoms with Gasteiger partial charge in [0.2, 0.25) is 0 Å². The van der Waals surface area contributed by atoms with E-state index in [0.29, 0.717) is 29.8 Å². The minimum Gasteiger partial charge on any atom is -0.403 e. The standard InChI is InChI=1S/C30H30F4N3O/c1-5-19(2)26-17-25(36-28(20(26)3)22-8-10-24(31)11-9-22)12-14-37(4)18-21-15-23-7-6-13-35-29(23)27(16-21)38-30(32,33)34/h6-11,13,15-19H,5,12,14H2,1-4H3/q+1. The molecule has 0 N–H and O–H groups in total. The van der Waals surface area contributed by atoms with Crippen molar-refractivity contribution < 1.29 is 26.9 Å². The fourth-order valence-corrected chi connectivity index (χ4v) is 4.50. The summed E-state index contributed by atoms with van der Waals surface area (Å²) in [5.41, 5.74) is 5.60. The second-order valence-corrected chi connectivity index (χ2v) is 9.49. The summed E-state index contributed by atoms with van der Waals surface area (Å²) in [4.78, 5) is 8.96. The number of rotatable bonds is 8. The fourth-order valence-electron chi connectivity index (χ4n) is 4.50. The van der Waals surface area contributed by atoms with Crippen LogP contribution in [0.15, 0.2) is 60.8 Å². The smallest absolute Gasteiger partial charge is 0.403 e. The zero-order chi connectivity index (χ0) is 27.4.